The van der Waals surface area contributed by atoms with Gasteiger partial charge in [-0.15, -0.1) is 0 Å². The maximum absolute atomic E-state index is 13.4. The topological polar surface area (TPSA) is 175 Å². The number of amides is 1. The summed E-state index contributed by atoms with van der Waals surface area (Å²) >= 11 is 0. The van der Waals surface area contributed by atoms with E-state index < -0.39 is 67.4 Å². The molecule has 0 aromatic carbocycles. The second-order valence-electron chi connectivity index (χ2n) is 21.8. The smallest absolute Gasteiger partial charge is 0.306 e. The standard InChI is InChI=1S/C64H117NO10/c1-4-7-10-13-16-19-22-25-27-28-29-30-31-34-37-40-43-46-49-52-59(69)75-62-61(71)60(70)58(53-66)74-64(62)73-54-55(56(67)50-47-44-41-38-35-32-24-21-18-15-12-9-6-3)65-63(72)57(68)51-48-45-42-39-36-33-26-23-20-17-14-11-8-5-2/h16,19,25,27,29-30,47,50,55-58,60-62,64,66-68,70-71H,4-15,17-18,20-24,26,28,31-46,48-49,51-54H2,1-3H3,(H,65,72)/b19-16-,27-25-,30-29-,50-47+. The van der Waals surface area contributed by atoms with Gasteiger partial charge in [0.05, 0.1) is 25.4 Å². The molecule has 1 heterocycles. The lowest BCUT2D eigenvalue weighted by Gasteiger charge is -2.41. The fourth-order valence-electron chi connectivity index (χ4n) is 9.72. The van der Waals surface area contributed by atoms with Crippen LogP contribution in [0.5, 0.6) is 0 Å². The molecule has 1 aliphatic rings. The molecule has 0 saturated carbocycles. The highest BCUT2D eigenvalue weighted by molar-refractivity contribution is 5.80. The second-order valence-corrected chi connectivity index (χ2v) is 21.8. The van der Waals surface area contributed by atoms with Gasteiger partial charge in [-0.2, -0.15) is 0 Å². The van der Waals surface area contributed by atoms with Crippen molar-refractivity contribution in [3.63, 3.8) is 0 Å². The van der Waals surface area contributed by atoms with E-state index in [2.05, 4.69) is 62.5 Å². The average Bonchev–Trinajstić information content (AvgIpc) is 3.41. The first kappa shape index (κ1) is 70.6. The summed E-state index contributed by atoms with van der Waals surface area (Å²) in [5.74, 6) is -1.20. The largest absolute Gasteiger partial charge is 0.454 e. The molecule has 0 aromatic heterocycles. The predicted octanol–water partition coefficient (Wildman–Crippen LogP) is 14.8. The van der Waals surface area contributed by atoms with Crippen LogP contribution in [0.4, 0.5) is 0 Å². The summed E-state index contributed by atoms with van der Waals surface area (Å²) in [6.07, 6.45) is 52.8. The summed E-state index contributed by atoms with van der Waals surface area (Å²) in [4.78, 5) is 26.5. The highest BCUT2D eigenvalue weighted by Gasteiger charge is 2.47. The zero-order valence-electron chi connectivity index (χ0n) is 48.4. The highest BCUT2D eigenvalue weighted by Crippen LogP contribution is 2.26. The lowest BCUT2D eigenvalue weighted by atomic mass is 9.99. The fraction of sp³-hybridized carbons (Fsp3) is 0.844. The second kappa shape index (κ2) is 52.3. The third-order valence-corrected chi connectivity index (χ3v) is 14.7. The average molecular weight is 1060 g/mol. The Morgan fingerprint density at radius 3 is 1.40 bits per heavy atom. The minimum absolute atomic E-state index is 0.110. The third kappa shape index (κ3) is 40.5. The molecule has 438 valence electrons. The van der Waals surface area contributed by atoms with Crippen LogP contribution < -0.4 is 5.32 Å². The van der Waals surface area contributed by atoms with Gasteiger partial charge in [0.2, 0.25) is 5.91 Å². The van der Waals surface area contributed by atoms with Crippen molar-refractivity contribution in [1.29, 1.82) is 0 Å². The first-order valence-corrected chi connectivity index (χ1v) is 31.4. The molecule has 11 nitrogen and oxygen atoms in total. The minimum Gasteiger partial charge on any atom is -0.454 e. The van der Waals surface area contributed by atoms with Crippen molar-refractivity contribution >= 4 is 11.9 Å². The number of carbonyl (C=O) groups is 2. The van der Waals surface area contributed by atoms with E-state index in [-0.39, 0.29) is 13.0 Å². The van der Waals surface area contributed by atoms with Gasteiger partial charge in [-0.3, -0.25) is 9.59 Å². The molecule has 1 amide bonds. The van der Waals surface area contributed by atoms with E-state index in [1.807, 2.05) is 6.08 Å². The predicted molar refractivity (Wildman–Crippen MR) is 310 cm³/mol. The summed E-state index contributed by atoms with van der Waals surface area (Å²) in [6, 6.07) is -1.02. The normalized spacial score (nSPS) is 19.5. The zero-order valence-corrected chi connectivity index (χ0v) is 48.4. The van der Waals surface area contributed by atoms with Gasteiger partial charge in [-0.05, 0) is 64.2 Å². The van der Waals surface area contributed by atoms with Crippen LogP contribution in [0.25, 0.3) is 0 Å². The van der Waals surface area contributed by atoms with Crippen molar-refractivity contribution in [2.75, 3.05) is 13.2 Å². The lowest BCUT2D eigenvalue weighted by Crippen LogP contribution is -2.61. The lowest BCUT2D eigenvalue weighted by molar-refractivity contribution is -0.305. The van der Waals surface area contributed by atoms with E-state index in [1.54, 1.807) is 6.08 Å². The number of aliphatic hydroxyl groups excluding tert-OH is 5. The first-order valence-electron chi connectivity index (χ1n) is 31.4. The quantitative estimate of drug-likeness (QED) is 0.0195. The molecule has 0 bridgehead atoms. The van der Waals surface area contributed by atoms with Crippen LogP contribution in [-0.4, -0.2) is 99.6 Å². The molecule has 75 heavy (non-hydrogen) atoms. The molecule has 6 N–H and O–H groups in total. The molecular weight excluding hydrogens is 943 g/mol. The molecule has 1 aliphatic heterocycles. The van der Waals surface area contributed by atoms with Crippen LogP contribution in [0.2, 0.25) is 0 Å². The molecule has 8 atom stereocenters. The van der Waals surface area contributed by atoms with Gasteiger partial charge in [-0.25, -0.2) is 0 Å². The van der Waals surface area contributed by atoms with Crippen molar-refractivity contribution in [3.05, 3.63) is 48.6 Å². The Hall–Kier alpha value is -2.38. The maximum Gasteiger partial charge on any atom is 0.306 e. The number of allylic oxidation sites excluding steroid dienone is 7. The molecule has 0 radical (unpaired) electrons. The van der Waals surface area contributed by atoms with E-state index in [1.165, 1.54) is 148 Å². The van der Waals surface area contributed by atoms with Gasteiger partial charge in [0, 0.05) is 6.42 Å². The van der Waals surface area contributed by atoms with Gasteiger partial charge in [0.25, 0.3) is 0 Å². The Kier molecular flexibility index (Phi) is 49.3. The number of esters is 1. The molecule has 11 heteroatoms. The summed E-state index contributed by atoms with van der Waals surface area (Å²) < 4.78 is 17.6. The molecule has 0 aromatic rings. The Morgan fingerprint density at radius 1 is 0.520 bits per heavy atom. The molecule has 1 rings (SSSR count). The Bertz CT molecular complexity index is 1400. The number of ether oxygens (including phenoxy) is 3. The van der Waals surface area contributed by atoms with E-state index in [0.717, 1.165) is 89.9 Å². The monoisotopic (exact) mass is 1060 g/mol. The van der Waals surface area contributed by atoms with E-state index in [4.69, 9.17) is 14.2 Å². The van der Waals surface area contributed by atoms with E-state index in [9.17, 15) is 35.1 Å². The first-order chi connectivity index (χ1) is 36.7. The van der Waals surface area contributed by atoms with Gasteiger partial charge in [0.15, 0.2) is 12.4 Å². The summed E-state index contributed by atoms with van der Waals surface area (Å²) in [5, 5.41) is 57.0. The van der Waals surface area contributed by atoms with E-state index in [0.29, 0.717) is 19.3 Å². The van der Waals surface area contributed by atoms with Crippen molar-refractivity contribution in [3.8, 4) is 0 Å². The molecule has 0 spiro atoms. The van der Waals surface area contributed by atoms with Gasteiger partial charge < -0.3 is 45.1 Å². The van der Waals surface area contributed by atoms with Gasteiger partial charge in [-0.1, -0.05) is 262 Å². The number of hydrogen-bond acceptors (Lipinski definition) is 10. The van der Waals surface area contributed by atoms with Crippen LogP contribution in [-0.2, 0) is 23.8 Å². The van der Waals surface area contributed by atoms with Crippen LogP contribution in [0.3, 0.4) is 0 Å². The molecule has 1 saturated heterocycles. The minimum atomic E-state index is -1.62. The van der Waals surface area contributed by atoms with Crippen molar-refractivity contribution in [2.24, 2.45) is 0 Å². The van der Waals surface area contributed by atoms with Gasteiger partial charge in [0.1, 0.15) is 24.4 Å². The van der Waals surface area contributed by atoms with Crippen LogP contribution in [0.1, 0.15) is 284 Å². The highest BCUT2D eigenvalue weighted by atomic mass is 16.7. The molecule has 0 aliphatic carbocycles. The number of aliphatic hydroxyl groups is 5. The van der Waals surface area contributed by atoms with Crippen LogP contribution in [0.15, 0.2) is 48.6 Å². The van der Waals surface area contributed by atoms with Crippen molar-refractivity contribution < 1.29 is 49.3 Å². The number of rotatable bonds is 53. The summed E-state index contributed by atoms with van der Waals surface area (Å²) in [7, 11) is 0. The van der Waals surface area contributed by atoms with Crippen LogP contribution >= 0.6 is 0 Å². The molecule has 1 fully saturated rings. The van der Waals surface area contributed by atoms with Crippen LogP contribution in [0, 0.1) is 0 Å². The SMILES string of the molecule is CCCCC/C=C\C/C=C\C/C=C\CCCCCCCCC(=O)OC1C(OCC(NC(=O)C(O)CCCCCCCCCCCCCCCC)C(O)/C=C/CCCCCCCCCCCCC)OC(CO)C(O)C1O. The van der Waals surface area contributed by atoms with Crippen molar-refractivity contribution in [2.45, 2.75) is 333 Å². The number of unbranched alkanes of at least 4 members (excludes halogenated alkanes) is 33. The third-order valence-electron chi connectivity index (χ3n) is 14.7. The van der Waals surface area contributed by atoms with Gasteiger partial charge >= 0.3 is 5.97 Å². The molecular formula is C64H117NO10. The van der Waals surface area contributed by atoms with E-state index >= 15 is 0 Å². The molecule has 8 unspecified atom stereocenters. The van der Waals surface area contributed by atoms with Crippen molar-refractivity contribution in [1.82, 2.24) is 5.32 Å². The zero-order chi connectivity index (χ0) is 54.7. The Morgan fingerprint density at radius 2 is 0.920 bits per heavy atom. The fourth-order valence-corrected chi connectivity index (χ4v) is 9.72. The number of hydrogen-bond donors (Lipinski definition) is 6. The Balaban J connectivity index is 2.69. The number of carbonyl (C=O) groups excluding carboxylic acids is 2. The summed E-state index contributed by atoms with van der Waals surface area (Å²) in [5.41, 5.74) is 0. The summed E-state index contributed by atoms with van der Waals surface area (Å²) in [6.45, 7) is 5.77. The Labute approximate surface area is 459 Å². The maximum atomic E-state index is 13.4. The number of nitrogens with one attached hydrogen (secondary N) is 1.